The van der Waals surface area contributed by atoms with Crippen molar-refractivity contribution in [2.45, 2.75) is 25.6 Å². The van der Waals surface area contributed by atoms with Gasteiger partial charge in [0.25, 0.3) is 0 Å². The molecule has 11 heavy (non-hydrogen) atoms. The molecule has 62 valence electrons. The molecule has 2 atom stereocenters. The smallest absolute Gasteiger partial charge is 0.746 e. The molecule has 0 fully saturated rings. The van der Waals surface area contributed by atoms with Crippen LogP contribution >= 0.6 is 0 Å². The molecule has 0 aliphatic rings. The van der Waals surface area contributed by atoms with Crippen molar-refractivity contribution in [2.24, 2.45) is 0 Å². The van der Waals surface area contributed by atoms with Gasteiger partial charge in [-0.05, 0) is 13.8 Å². The molecule has 1 N–H and O–H groups in total. The average Bonchev–Trinajstić information content (AvgIpc) is 1.60. The third-order valence-electron chi connectivity index (χ3n) is 0.795. The van der Waals surface area contributed by atoms with Crippen LogP contribution in [0.4, 0.5) is 0 Å². The Hall–Kier alpha value is 0.830. The van der Waals surface area contributed by atoms with Crippen molar-refractivity contribution < 1.29 is 52.4 Å². The van der Waals surface area contributed by atoms with Crippen LogP contribution in [0.3, 0.4) is 0 Å². The van der Waals surface area contributed by atoms with Crippen LogP contribution in [-0.4, -0.2) is 29.8 Å². The molecule has 0 aromatic heterocycles. The fourth-order valence-corrected chi connectivity index (χ4v) is 0.642. The minimum atomic E-state index is -4.43. The van der Waals surface area contributed by atoms with Crippen LogP contribution in [0.15, 0.2) is 0 Å². The van der Waals surface area contributed by atoms with E-state index >= 15 is 0 Å². The maximum Gasteiger partial charge on any atom is 1.00 e. The first kappa shape index (κ1) is 14.4. The van der Waals surface area contributed by atoms with Gasteiger partial charge in [0, 0.05) is 0 Å². The average molecular weight is 192 g/mol. The minimum Gasteiger partial charge on any atom is -0.746 e. The van der Waals surface area contributed by atoms with Crippen LogP contribution in [-0.2, 0) is 14.9 Å². The standard InChI is InChI=1S/C4H10O5S.Na/c1-3(5)9-4(2)10(6,7)8;/h3-5H,1-2H3,(H,6,7,8);/q;+1/p-1. The molecular formula is C4H9NaO5S. The van der Waals surface area contributed by atoms with Crippen molar-refractivity contribution >= 4 is 10.1 Å². The summed E-state index contributed by atoms with van der Waals surface area (Å²) in [5.41, 5.74) is -1.49. The number of ether oxygens (including phenoxy) is 1. The van der Waals surface area contributed by atoms with E-state index in [2.05, 4.69) is 4.74 Å². The first-order valence-electron chi connectivity index (χ1n) is 2.62. The van der Waals surface area contributed by atoms with Crippen molar-refractivity contribution in [1.29, 1.82) is 0 Å². The third-order valence-corrected chi connectivity index (χ3v) is 1.72. The van der Waals surface area contributed by atoms with Gasteiger partial charge in [0.05, 0.1) is 0 Å². The van der Waals surface area contributed by atoms with E-state index in [1.165, 1.54) is 6.92 Å². The fourth-order valence-electron chi connectivity index (χ4n) is 0.345. The molecule has 0 aliphatic heterocycles. The predicted octanol–water partition coefficient (Wildman–Crippen LogP) is -3.76. The second-order valence-electron chi connectivity index (χ2n) is 1.80. The Morgan fingerprint density at radius 2 is 1.82 bits per heavy atom. The summed E-state index contributed by atoms with van der Waals surface area (Å²) in [7, 11) is -4.43. The molecular weight excluding hydrogens is 183 g/mol. The Morgan fingerprint density at radius 1 is 1.45 bits per heavy atom. The van der Waals surface area contributed by atoms with Crippen molar-refractivity contribution in [3.05, 3.63) is 0 Å². The second-order valence-corrected chi connectivity index (χ2v) is 3.45. The summed E-state index contributed by atoms with van der Waals surface area (Å²) in [5.74, 6) is 0. The maximum absolute atomic E-state index is 10.1. The van der Waals surface area contributed by atoms with Crippen LogP contribution in [0.2, 0.25) is 0 Å². The fraction of sp³-hybridized carbons (Fsp3) is 1.00. The van der Waals surface area contributed by atoms with Crippen LogP contribution in [0.25, 0.3) is 0 Å². The number of aliphatic hydroxyl groups is 1. The molecule has 0 aromatic rings. The van der Waals surface area contributed by atoms with Gasteiger partial charge in [-0.1, -0.05) is 0 Å². The SMILES string of the molecule is CC(O)OC(C)S(=O)(=O)[O-].[Na+]. The molecule has 0 spiro atoms. The van der Waals surface area contributed by atoms with Crippen molar-refractivity contribution in [1.82, 2.24) is 0 Å². The van der Waals surface area contributed by atoms with Crippen LogP contribution in [0.5, 0.6) is 0 Å². The largest absolute Gasteiger partial charge is 1.00 e. The Bertz CT molecular complexity index is 187. The second kappa shape index (κ2) is 5.47. The zero-order chi connectivity index (χ0) is 8.36. The number of aliphatic hydroxyl groups excluding tert-OH is 1. The predicted molar refractivity (Wildman–Crippen MR) is 31.9 cm³/mol. The maximum atomic E-state index is 10.1. The van der Waals surface area contributed by atoms with Crippen LogP contribution in [0.1, 0.15) is 13.8 Å². The van der Waals surface area contributed by atoms with E-state index in [0.29, 0.717) is 0 Å². The summed E-state index contributed by atoms with van der Waals surface area (Å²) in [6.07, 6.45) is -1.24. The van der Waals surface area contributed by atoms with Gasteiger partial charge >= 0.3 is 29.6 Å². The zero-order valence-electron chi connectivity index (χ0n) is 6.64. The molecule has 2 unspecified atom stereocenters. The summed E-state index contributed by atoms with van der Waals surface area (Å²) < 4.78 is 34.5. The normalized spacial score (nSPS) is 16.7. The Labute approximate surface area is 87.8 Å². The van der Waals surface area contributed by atoms with Gasteiger partial charge in [-0.15, -0.1) is 0 Å². The van der Waals surface area contributed by atoms with E-state index in [0.717, 1.165) is 6.92 Å². The Kier molecular flexibility index (Phi) is 7.14. The monoisotopic (exact) mass is 192 g/mol. The molecule has 0 amide bonds. The minimum absolute atomic E-state index is 0. The molecule has 0 heterocycles. The molecule has 0 saturated heterocycles. The van der Waals surface area contributed by atoms with Gasteiger partial charge in [0.1, 0.15) is 15.6 Å². The van der Waals surface area contributed by atoms with E-state index in [1.807, 2.05) is 0 Å². The van der Waals surface area contributed by atoms with Crippen molar-refractivity contribution in [3.8, 4) is 0 Å². The number of hydrogen-bond donors (Lipinski definition) is 1. The summed E-state index contributed by atoms with van der Waals surface area (Å²) >= 11 is 0. The zero-order valence-corrected chi connectivity index (χ0v) is 9.46. The number of rotatable bonds is 3. The number of hydrogen-bond acceptors (Lipinski definition) is 5. The summed E-state index contributed by atoms with van der Waals surface area (Å²) in [6, 6.07) is 0. The molecule has 0 saturated carbocycles. The van der Waals surface area contributed by atoms with Crippen molar-refractivity contribution in [2.75, 3.05) is 0 Å². The Balaban J connectivity index is 0. The Morgan fingerprint density at radius 3 is 1.91 bits per heavy atom. The van der Waals surface area contributed by atoms with Crippen LogP contribution < -0.4 is 29.6 Å². The molecule has 0 rings (SSSR count). The molecule has 0 aromatic carbocycles. The molecule has 7 heteroatoms. The van der Waals surface area contributed by atoms with Gasteiger partial charge < -0.3 is 14.4 Å². The summed E-state index contributed by atoms with van der Waals surface area (Å²) in [4.78, 5) is 0. The van der Waals surface area contributed by atoms with Gasteiger partial charge in [-0.3, -0.25) is 0 Å². The van der Waals surface area contributed by atoms with Gasteiger partial charge in [0.15, 0.2) is 6.29 Å². The molecule has 5 nitrogen and oxygen atoms in total. The molecule has 0 bridgehead atoms. The van der Waals surface area contributed by atoms with Gasteiger partial charge in [-0.25, -0.2) is 8.42 Å². The van der Waals surface area contributed by atoms with Gasteiger partial charge in [-0.2, -0.15) is 0 Å². The van der Waals surface area contributed by atoms with Crippen LogP contribution in [0, 0.1) is 0 Å². The summed E-state index contributed by atoms with van der Waals surface area (Å²) in [5, 5.41) is 8.46. The van der Waals surface area contributed by atoms with E-state index in [-0.39, 0.29) is 29.6 Å². The van der Waals surface area contributed by atoms with E-state index in [1.54, 1.807) is 0 Å². The van der Waals surface area contributed by atoms with E-state index < -0.39 is 21.8 Å². The molecule has 0 radical (unpaired) electrons. The molecule has 0 aliphatic carbocycles. The van der Waals surface area contributed by atoms with E-state index in [9.17, 15) is 13.0 Å². The van der Waals surface area contributed by atoms with Gasteiger partial charge in [0.2, 0.25) is 0 Å². The quantitative estimate of drug-likeness (QED) is 0.282. The van der Waals surface area contributed by atoms with Crippen molar-refractivity contribution in [3.63, 3.8) is 0 Å². The van der Waals surface area contributed by atoms with E-state index in [4.69, 9.17) is 5.11 Å². The third kappa shape index (κ3) is 7.20. The topological polar surface area (TPSA) is 86.7 Å². The first-order chi connectivity index (χ1) is 4.34. The summed E-state index contributed by atoms with van der Waals surface area (Å²) in [6.45, 7) is 2.29. The first-order valence-corrected chi connectivity index (χ1v) is 4.09.